The lowest BCUT2D eigenvalue weighted by molar-refractivity contribution is 0.340. The van der Waals surface area contributed by atoms with Gasteiger partial charge in [-0.25, -0.2) is 4.39 Å². The first-order chi connectivity index (χ1) is 10.2. The summed E-state index contributed by atoms with van der Waals surface area (Å²) in [6.45, 7) is 3.18. The molecule has 0 aliphatic carbocycles. The topological polar surface area (TPSA) is 33.3 Å². The van der Waals surface area contributed by atoms with Gasteiger partial charge in [-0.3, -0.25) is 0 Å². The first-order valence-corrected chi connectivity index (χ1v) is 7.10. The molecular formula is C16H17FN2OS. The summed E-state index contributed by atoms with van der Waals surface area (Å²) in [5, 5.41) is 6.59. The monoisotopic (exact) mass is 304 g/mol. The zero-order chi connectivity index (χ0) is 15.1. The Labute approximate surface area is 129 Å². The van der Waals surface area contributed by atoms with Crippen molar-refractivity contribution in [2.75, 3.05) is 11.9 Å². The van der Waals surface area contributed by atoms with Gasteiger partial charge in [0.2, 0.25) is 0 Å². The maximum absolute atomic E-state index is 12.8. The number of thiocarbonyl (C=S) groups is 1. The van der Waals surface area contributed by atoms with Gasteiger partial charge in [0.05, 0.1) is 6.61 Å². The summed E-state index contributed by atoms with van der Waals surface area (Å²) < 4.78 is 18.3. The van der Waals surface area contributed by atoms with Crippen molar-refractivity contribution >= 4 is 23.0 Å². The van der Waals surface area contributed by atoms with Crippen LogP contribution in [0, 0.1) is 5.82 Å². The van der Waals surface area contributed by atoms with Crippen LogP contribution in [0.5, 0.6) is 5.75 Å². The van der Waals surface area contributed by atoms with Crippen LogP contribution in [0.2, 0.25) is 0 Å². The molecule has 0 bridgehead atoms. The molecule has 0 radical (unpaired) electrons. The molecule has 0 spiro atoms. The van der Waals surface area contributed by atoms with Gasteiger partial charge >= 0.3 is 0 Å². The van der Waals surface area contributed by atoms with Crippen molar-refractivity contribution in [3.8, 4) is 5.75 Å². The van der Waals surface area contributed by atoms with E-state index in [1.54, 1.807) is 12.1 Å². The zero-order valence-corrected chi connectivity index (χ0v) is 12.5. The minimum Gasteiger partial charge on any atom is -0.494 e. The van der Waals surface area contributed by atoms with Crippen LogP contribution in [-0.4, -0.2) is 11.7 Å². The van der Waals surface area contributed by atoms with Crippen LogP contribution in [0.25, 0.3) is 0 Å². The molecule has 2 rings (SSSR count). The SMILES string of the molecule is CCOc1cccc(CNC(=S)Nc2ccc(F)cc2)c1. The van der Waals surface area contributed by atoms with Crippen molar-refractivity contribution in [1.29, 1.82) is 0 Å². The smallest absolute Gasteiger partial charge is 0.171 e. The largest absolute Gasteiger partial charge is 0.494 e. The fourth-order valence-electron chi connectivity index (χ4n) is 1.80. The summed E-state index contributed by atoms with van der Waals surface area (Å²) in [5.41, 5.74) is 1.82. The molecule has 0 saturated heterocycles. The van der Waals surface area contributed by atoms with E-state index in [1.807, 2.05) is 31.2 Å². The van der Waals surface area contributed by atoms with E-state index in [0.29, 0.717) is 18.3 Å². The molecule has 21 heavy (non-hydrogen) atoms. The lowest BCUT2D eigenvalue weighted by Crippen LogP contribution is -2.27. The van der Waals surface area contributed by atoms with Gasteiger partial charge in [0.25, 0.3) is 0 Å². The third-order valence-corrected chi connectivity index (χ3v) is 3.01. The fraction of sp³-hybridized carbons (Fsp3) is 0.188. The van der Waals surface area contributed by atoms with E-state index >= 15 is 0 Å². The number of ether oxygens (including phenoxy) is 1. The van der Waals surface area contributed by atoms with Crippen LogP contribution in [-0.2, 0) is 6.54 Å². The lowest BCUT2D eigenvalue weighted by atomic mass is 10.2. The fourth-order valence-corrected chi connectivity index (χ4v) is 1.99. The van der Waals surface area contributed by atoms with Gasteiger partial charge in [-0.15, -0.1) is 0 Å². The predicted octanol–water partition coefficient (Wildman–Crippen LogP) is 3.71. The number of anilines is 1. The van der Waals surface area contributed by atoms with Crippen LogP contribution >= 0.6 is 12.2 Å². The third kappa shape index (κ3) is 5.04. The summed E-state index contributed by atoms with van der Waals surface area (Å²) in [6, 6.07) is 13.9. The zero-order valence-electron chi connectivity index (χ0n) is 11.7. The minimum absolute atomic E-state index is 0.271. The van der Waals surface area contributed by atoms with Gasteiger partial charge in [-0.2, -0.15) is 0 Å². The van der Waals surface area contributed by atoms with Gasteiger partial charge < -0.3 is 15.4 Å². The van der Waals surface area contributed by atoms with E-state index < -0.39 is 0 Å². The molecule has 110 valence electrons. The Bertz CT molecular complexity index is 601. The number of halogens is 1. The molecule has 2 aromatic rings. The highest BCUT2D eigenvalue weighted by Gasteiger charge is 2.00. The van der Waals surface area contributed by atoms with Gasteiger partial charge in [0.1, 0.15) is 11.6 Å². The number of hydrogen-bond donors (Lipinski definition) is 2. The minimum atomic E-state index is -0.271. The summed E-state index contributed by atoms with van der Waals surface area (Å²) in [5.74, 6) is 0.571. The van der Waals surface area contributed by atoms with Crippen molar-refractivity contribution in [3.63, 3.8) is 0 Å². The van der Waals surface area contributed by atoms with Crippen LogP contribution < -0.4 is 15.4 Å². The van der Waals surface area contributed by atoms with Crippen molar-refractivity contribution in [2.24, 2.45) is 0 Å². The van der Waals surface area contributed by atoms with Gasteiger partial charge in [-0.1, -0.05) is 12.1 Å². The van der Waals surface area contributed by atoms with Crippen molar-refractivity contribution in [3.05, 3.63) is 59.9 Å². The Morgan fingerprint density at radius 2 is 1.95 bits per heavy atom. The maximum Gasteiger partial charge on any atom is 0.171 e. The second-order valence-electron chi connectivity index (χ2n) is 4.39. The highest BCUT2D eigenvalue weighted by molar-refractivity contribution is 7.80. The quantitative estimate of drug-likeness (QED) is 0.825. The molecule has 0 fully saturated rings. The van der Waals surface area contributed by atoms with E-state index in [9.17, 15) is 4.39 Å². The van der Waals surface area contributed by atoms with E-state index in [-0.39, 0.29) is 5.82 Å². The Morgan fingerprint density at radius 1 is 1.19 bits per heavy atom. The highest BCUT2D eigenvalue weighted by Crippen LogP contribution is 2.13. The lowest BCUT2D eigenvalue weighted by Gasteiger charge is -2.11. The Kier molecular flexibility index (Phi) is 5.51. The molecule has 0 amide bonds. The summed E-state index contributed by atoms with van der Waals surface area (Å²) in [7, 11) is 0. The molecule has 2 N–H and O–H groups in total. The Hall–Kier alpha value is -2.14. The number of nitrogens with one attached hydrogen (secondary N) is 2. The second kappa shape index (κ2) is 7.59. The van der Waals surface area contributed by atoms with Crippen LogP contribution in [0.4, 0.5) is 10.1 Å². The molecule has 5 heteroatoms. The molecule has 0 aliphatic heterocycles. The van der Waals surface area contributed by atoms with Crippen LogP contribution in [0.3, 0.4) is 0 Å². The normalized spacial score (nSPS) is 10.0. The molecule has 0 aromatic heterocycles. The van der Waals surface area contributed by atoms with Crippen LogP contribution in [0.15, 0.2) is 48.5 Å². The number of hydrogen-bond acceptors (Lipinski definition) is 2. The molecule has 0 unspecified atom stereocenters. The molecule has 0 heterocycles. The first kappa shape index (κ1) is 15.3. The second-order valence-corrected chi connectivity index (χ2v) is 4.80. The third-order valence-electron chi connectivity index (χ3n) is 2.76. The van der Waals surface area contributed by atoms with Crippen molar-refractivity contribution in [1.82, 2.24) is 5.32 Å². The Morgan fingerprint density at radius 3 is 2.67 bits per heavy atom. The van der Waals surface area contributed by atoms with Crippen molar-refractivity contribution in [2.45, 2.75) is 13.5 Å². The average Bonchev–Trinajstić information content (AvgIpc) is 2.48. The van der Waals surface area contributed by atoms with Crippen LogP contribution in [0.1, 0.15) is 12.5 Å². The average molecular weight is 304 g/mol. The molecular weight excluding hydrogens is 287 g/mol. The molecule has 0 aliphatic rings. The van der Waals surface area contributed by atoms with Gasteiger partial charge in [-0.05, 0) is 61.1 Å². The molecule has 0 saturated carbocycles. The summed E-state index contributed by atoms with van der Waals surface area (Å²) in [6.07, 6.45) is 0. The van der Waals surface area contributed by atoms with E-state index in [1.165, 1.54) is 12.1 Å². The van der Waals surface area contributed by atoms with Gasteiger partial charge in [0, 0.05) is 12.2 Å². The van der Waals surface area contributed by atoms with Gasteiger partial charge in [0.15, 0.2) is 5.11 Å². The Balaban J connectivity index is 1.86. The maximum atomic E-state index is 12.8. The number of benzene rings is 2. The standard InChI is InChI=1S/C16H17FN2OS/c1-2-20-15-5-3-4-12(10-15)11-18-16(21)19-14-8-6-13(17)7-9-14/h3-10H,2,11H2,1H3,(H2,18,19,21). The van der Waals surface area contributed by atoms with E-state index in [4.69, 9.17) is 17.0 Å². The summed E-state index contributed by atoms with van der Waals surface area (Å²) in [4.78, 5) is 0. The molecule has 0 atom stereocenters. The van der Waals surface area contributed by atoms with E-state index in [2.05, 4.69) is 10.6 Å². The predicted molar refractivity (Wildman–Crippen MR) is 87.1 cm³/mol. The van der Waals surface area contributed by atoms with E-state index in [0.717, 1.165) is 17.0 Å². The molecule has 3 nitrogen and oxygen atoms in total. The first-order valence-electron chi connectivity index (χ1n) is 6.69. The molecule has 2 aromatic carbocycles. The highest BCUT2D eigenvalue weighted by atomic mass is 32.1. The number of rotatable bonds is 5. The van der Waals surface area contributed by atoms with Crippen molar-refractivity contribution < 1.29 is 9.13 Å². The summed E-state index contributed by atoms with van der Waals surface area (Å²) >= 11 is 5.20.